The number of Topliss-reactive ketones (excluding diaryl/α,β-unsaturated/α-hetero) is 1. The van der Waals surface area contributed by atoms with Crippen LogP contribution in [0, 0.1) is 0 Å². The van der Waals surface area contributed by atoms with Crippen molar-refractivity contribution in [2.45, 2.75) is 25.4 Å². The number of rotatable bonds is 6. The molecule has 7 nitrogen and oxygen atoms in total. The van der Waals surface area contributed by atoms with Crippen LogP contribution in [0.5, 0.6) is 0 Å². The van der Waals surface area contributed by atoms with Gasteiger partial charge < -0.3 is 15.2 Å². The zero-order chi connectivity index (χ0) is 18.1. The fourth-order valence-electron chi connectivity index (χ4n) is 2.76. The Labute approximate surface area is 153 Å². The highest BCUT2D eigenvalue weighted by molar-refractivity contribution is 7.13. The minimum Gasteiger partial charge on any atom is -0.346 e. The Hall–Kier alpha value is -3.00. The molecule has 1 fully saturated rings. The third kappa shape index (κ3) is 3.36. The van der Waals surface area contributed by atoms with Crippen LogP contribution in [0.4, 0.5) is 5.13 Å². The van der Waals surface area contributed by atoms with Crippen LogP contribution in [0.3, 0.4) is 0 Å². The normalized spacial score (nSPS) is 13.5. The van der Waals surface area contributed by atoms with Gasteiger partial charge in [-0.1, -0.05) is 18.2 Å². The minimum absolute atomic E-state index is 0.0254. The van der Waals surface area contributed by atoms with Crippen LogP contribution in [0.15, 0.2) is 42.0 Å². The predicted molar refractivity (Wildman–Crippen MR) is 98.2 cm³/mol. The van der Waals surface area contributed by atoms with E-state index >= 15 is 0 Å². The van der Waals surface area contributed by atoms with E-state index in [4.69, 9.17) is 0 Å². The lowest BCUT2D eigenvalue weighted by Gasteiger charge is -2.04. The van der Waals surface area contributed by atoms with Crippen LogP contribution in [0.25, 0.3) is 10.9 Å². The van der Waals surface area contributed by atoms with Crippen LogP contribution in [-0.2, 0) is 16.1 Å². The topological polar surface area (TPSA) is 93.1 Å². The fraction of sp³-hybridized carbons (Fsp3) is 0.222. The smallest absolute Gasteiger partial charge is 0.292 e. The molecule has 0 atom stereocenters. The molecule has 2 N–H and O–H groups in total. The molecule has 0 saturated heterocycles. The second kappa shape index (κ2) is 6.72. The first-order chi connectivity index (χ1) is 12.6. The summed E-state index contributed by atoms with van der Waals surface area (Å²) in [6.45, 7) is 0.0254. The van der Waals surface area contributed by atoms with E-state index in [2.05, 4.69) is 15.6 Å². The highest BCUT2D eigenvalue weighted by Crippen LogP contribution is 2.23. The van der Waals surface area contributed by atoms with Crippen molar-refractivity contribution in [3.05, 3.63) is 47.6 Å². The first kappa shape index (κ1) is 16.5. The van der Waals surface area contributed by atoms with Crippen molar-refractivity contribution in [1.29, 1.82) is 0 Å². The van der Waals surface area contributed by atoms with E-state index in [9.17, 15) is 14.4 Å². The number of fused-ring (bicyclic) bond motifs is 1. The largest absolute Gasteiger partial charge is 0.346 e. The van der Waals surface area contributed by atoms with Gasteiger partial charge in [0.25, 0.3) is 11.7 Å². The molecule has 1 saturated carbocycles. The van der Waals surface area contributed by atoms with Crippen molar-refractivity contribution >= 4 is 45.0 Å². The Bertz CT molecular complexity index is 989. The van der Waals surface area contributed by atoms with E-state index < -0.39 is 11.7 Å². The number of aromatic nitrogens is 2. The van der Waals surface area contributed by atoms with Gasteiger partial charge in [0.2, 0.25) is 5.91 Å². The molecule has 132 valence electrons. The van der Waals surface area contributed by atoms with Crippen molar-refractivity contribution in [2.24, 2.45) is 0 Å². The Morgan fingerprint density at radius 3 is 2.77 bits per heavy atom. The Kier molecular flexibility index (Phi) is 4.26. The van der Waals surface area contributed by atoms with Gasteiger partial charge in [-0.05, 0) is 18.9 Å². The van der Waals surface area contributed by atoms with Gasteiger partial charge in [0.1, 0.15) is 6.54 Å². The van der Waals surface area contributed by atoms with Crippen molar-refractivity contribution in [3.8, 4) is 0 Å². The molecule has 1 aliphatic rings. The molecule has 0 radical (unpaired) electrons. The summed E-state index contributed by atoms with van der Waals surface area (Å²) in [6, 6.07) is 7.35. The predicted octanol–water partition coefficient (Wildman–Crippen LogP) is 2.20. The lowest BCUT2D eigenvalue weighted by atomic mass is 10.1. The van der Waals surface area contributed by atoms with E-state index in [0.717, 1.165) is 18.4 Å². The number of ketones is 1. The quantitative estimate of drug-likeness (QED) is 0.515. The lowest BCUT2D eigenvalue weighted by Crippen LogP contribution is -2.32. The van der Waals surface area contributed by atoms with Crippen LogP contribution in [-0.4, -0.2) is 33.2 Å². The Balaban J connectivity index is 1.59. The summed E-state index contributed by atoms with van der Waals surface area (Å²) in [6.07, 6.45) is 5.01. The maximum absolute atomic E-state index is 12.5. The molecule has 8 heteroatoms. The van der Waals surface area contributed by atoms with Gasteiger partial charge in [-0.25, -0.2) is 4.98 Å². The maximum Gasteiger partial charge on any atom is 0.292 e. The molecule has 0 spiro atoms. The molecule has 2 heterocycles. The van der Waals surface area contributed by atoms with Gasteiger partial charge >= 0.3 is 0 Å². The van der Waals surface area contributed by atoms with Crippen LogP contribution < -0.4 is 10.6 Å². The zero-order valence-electron chi connectivity index (χ0n) is 13.8. The van der Waals surface area contributed by atoms with Gasteiger partial charge in [0, 0.05) is 34.7 Å². The lowest BCUT2D eigenvalue weighted by molar-refractivity contribution is -0.117. The molecule has 0 aliphatic heterocycles. The third-order valence-electron chi connectivity index (χ3n) is 4.14. The SMILES string of the molecule is O=C(Cn1cc(C(=O)C(=O)NC2CC2)c2ccccc21)Nc1nccs1. The second-order valence-electron chi connectivity index (χ2n) is 6.15. The van der Waals surface area contributed by atoms with Crippen molar-refractivity contribution in [1.82, 2.24) is 14.9 Å². The summed E-state index contributed by atoms with van der Waals surface area (Å²) in [5.41, 5.74) is 1.03. The number of para-hydroxylation sites is 1. The number of thiazole rings is 1. The summed E-state index contributed by atoms with van der Waals surface area (Å²) in [5, 5.41) is 8.38. The van der Waals surface area contributed by atoms with E-state index in [1.54, 1.807) is 34.5 Å². The van der Waals surface area contributed by atoms with Crippen LogP contribution in [0.2, 0.25) is 0 Å². The number of hydrogen-bond donors (Lipinski definition) is 2. The fourth-order valence-corrected chi connectivity index (χ4v) is 3.30. The summed E-state index contributed by atoms with van der Waals surface area (Å²) >= 11 is 1.33. The summed E-state index contributed by atoms with van der Waals surface area (Å²) in [7, 11) is 0. The molecule has 0 unspecified atom stereocenters. The summed E-state index contributed by atoms with van der Waals surface area (Å²) < 4.78 is 1.68. The molecule has 3 aromatic rings. The number of benzene rings is 1. The van der Waals surface area contributed by atoms with E-state index in [0.29, 0.717) is 16.1 Å². The highest BCUT2D eigenvalue weighted by atomic mass is 32.1. The molecule has 4 rings (SSSR count). The average Bonchev–Trinajstić information content (AvgIpc) is 3.16. The number of anilines is 1. The summed E-state index contributed by atoms with van der Waals surface area (Å²) in [4.78, 5) is 40.9. The molecular weight excluding hydrogens is 352 g/mol. The number of amides is 2. The number of carbonyl (C=O) groups excluding carboxylic acids is 3. The number of carbonyl (C=O) groups is 3. The van der Waals surface area contributed by atoms with Gasteiger partial charge in [-0.2, -0.15) is 0 Å². The minimum atomic E-state index is -0.595. The first-order valence-electron chi connectivity index (χ1n) is 8.24. The standard InChI is InChI=1S/C18H16N4O3S/c23-15(21-18-19-7-8-26-18)10-22-9-13(12-3-1-2-4-14(12)22)16(24)17(25)20-11-5-6-11/h1-4,7-9,11H,5-6,10H2,(H,20,25)(H,19,21,23). The number of nitrogens with zero attached hydrogens (tertiary/aromatic N) is 2. The van der Waals surface area contributed by atoms with Gasteiger partial charge in [0.15, 0.2) is 5.13 Å². The van der Waals surface area contributed by atoms with Crippen molar-refractivity contribution in [2.75, 3.05) is 5.32 Å². The second-order valence-corrected chi connectivity index (χ2v) is 7.04. The number of hydrogen-bond acceptors (Lipinski definition) is 5. The maximum atomic E-state index is 12.5. The molecular formula is C18H16N4O3S. The molecule has 1 aromatic carbocycles. The van der Waals surface area contributed by atoms with E-state index in [1.165, 1.54) is 11.3 Å². The monoisotopic (exact) mass is 368 g/mol. The highest BCUT2D eigenvalue weighted by Gasteiger charge is 2.28. The first-order valence-corrected chi connectivity index (χ1v) is 9.12. The third-order valence-corrected chi connectivity index (χ3v) is 4.83. The van der Waals surface area contributed by atoms with Crippen molar-refractivity contribution < 1.29 is 14.4 Å². The van der Waals surface area contributed by atoms with Crippen LogP contribution in [0.1, 0.15) is 23.2 Å². The number of nitrogens with one attached hydrogen (secondary N) is 2. The van der Waals surface area contributed by atoms with Gasteiger partial charge in [-0.15, -0.1) is 11.3 Å². The molecule has 0 bridgehead atoms. The van der Waals surface area contributed by atoms with E-state index in [1.807, 2.05) is 12.1 Å². The molecule has 2 aromatic heterocycles. The van der Waals surface area contributed by atoms with Gasteiger partial charge in [0.05, 0.1) is 5.56 Å². The summed E-state index contributed by atoms with van der Waals surface area (Å²) in [5.74, 6) is -1.42. The molecule has 1 aliphatic carbocycles. The Morgan fingerprint density at radius 2 is 2.04 bits per heavy atom. The molecule has 2 amide bonds. The van der Waals surface area contributed by atoms with Crippen LogP contribution >= 0.6 is 11.3 Å². The molecule has 26 heavy (non-hydrogen) atoms. The Morgan fingerprint density at radius 1 is 1.23 bits per heavy atom. The van der Waals surface area contributed by atoms with Gasteiger partial charge in [-0.3, -0.25) is 14.4 Å². The van der Waals surface area contributed by atoms with E-state index in [-0.39, 0.29) is 18.5 Å². The average molecular weight is 368 g/mol. The zero-order valence-corrected chi connectivity index (χ0v) is 14.6. The van der Waals surface area contributed by atoms with Crippen molar-refractivity contribution in [3.63, 3.8) is 0 Å².